The largest absolute Gasteiger partial charge is 0.498 e. The molecule has 0 N–H and O–H groups in total. The number of ether oxygens (including phenoxy) is 3. The van der Waals surface area contributed by atoms with Crippen molar-refractivity contribution in [2.45, 2.75) is 74.7 Å². The summed E-state index contributed by atoms with van der Waals surface area (Å²) in [5, 5.41) is 0. The van der Waals surface area contributed by atoms with Crippen molar-refractivity contribution >= 4 is 0 Å². The van der Waals surface area contributed by atoms with Crippen molar-refractivity contribution < 1.29 is 14.2 Å². The molecular weight excluding hydrogens is 510 g/mol. The van der Waals surface area contributed by atoms with Crippen LogP contribution in [0.3, 0.4) is 0 Å². The number of aromatic nitrogens is 3. The molecule has 0 unspecified atom stereocenters. The third kappa shape index (κ3) is 12.7. The smallest absolute Gasteiger partial charge is 0.328 e. The van der Waals surface area contributed by atoms with Gasteiger partial charge in [0, 0.05) is 0 Å². The zero-order valence-electron chi connectivity index (χ0n) is 26.0. The first-order valence-electron chi connectivity index (χ1n) is 14.1. The van der Waals surface area contributed by atoms with Gasteiger partial charge in [-0.05, 0) is 101 Å². The SMILES string of the molecule is C=C(Oc1nc(C)nc(Oc2ccccc2)n1)/C(C)=C/C=C(C)/C(C)=C/C=C(C)/C(C)=C/C=C(\C)OCCCCC. The van der Waals surface area contributed by atoms with Gasteiger partial charge in [0.15, 0.2) is 0 Å². The number of allylic oxidation sites excluding steroid dienone is 12. The highest BCUT2D eigenvalue weighted by molar-refractivity contribution is 5.40. The zero-order chi connectivity index (χ0) is 30.2. The fraction of sp³-hybridized carbons (Fsp3) is 0.343. The van der Waals surface area contributed by atoms with E-state index in [-0.39, 0.29) is 12.0 Å². The molecule has 0 radical (unpaired) electrons. The molecule has 0 saturated carbocycles. The summed E-state index contributed by atoms with van der Waals surface area (Å²) >= 11 is 0. The number of para-hydroxylation sites is 1. The average molecular weight is 556 g/mol. The Morgan fingerprint density at radius 3 is 1.83 bits per heavy atom. The molecule has 0 bridgehead atoms. The van der Waals surface area contributed by atoms with E-state index in [2.05, 4.69) is 74.4 Å². The van der Waals surface area contributed by atoms with Crippen molar-refractivity contribution in [3.63, 3.8) is 0 Å². The molecule has 0 amide bonds. The van der Waals surface area contributed by atoms with Gasteiger partial charge in [0.2, 0.25) is 0 Å². The summed E-state index contributed by atoms with van der Waals surface area (Å²) in [6, 6.07) is 9.63. The number of aryl methyl sites for hydroxylation is 1. The van der Waals surface area contributed by atoms with Crippen LogP contribution in [0.1, 0.15) is 73.6 Å². The Balaban J connectivity index is 2.01. The van der Waals surface area contributed by atoms with Gasteiger partial charge in [-0.2, -0.15) is 9.97 Å². The van der Waals surface area contributed by atoms with E-state index in [9.17, 15) is 0 Å². The van der Waals surface area contributed by atoms with Crippen LogP contribution in [0.25, 0.3) is 0 Å². The summed E-state index contributed by atoms with van der Waals surface area (Å²) in [5.74, 6) is 2.51. The Kier molecular flexibility index (Phi) is 14.1. The molecule has 0 aliphatic rings. The van der Waals surface area contributed by atoms with Gasteiger partial charge in [-0.15, -0.1) is 4.98 Å². The molecule has 0 spiro atoms. The van der Waals surface area contributed by atoms with Crippen LogP contribution >= 0.6 is 0 Å². The topological polar surface area (TPSA) is 66.4 Å². The highest BCUT2D eigenvalue weighted by Crippen LogP contribution is 2.21. The minimum absolute atomic E-state index is 0.134. The average Bonchev–Trinajstić information content (AvgIpc) is 2.95. The fourth-order valence-electron chi connectivity index (χ4n) is 3.30. The molecule has 1 aromatic carbocycles. The molecule has 218 valence electrons. The Morgan fingerprint density at radius 2 is 1.24 bits per heavy atom. The first-order valence-corrected chi connectivity index (χ1v) is 14.1. The van der Waals surface area contributed by atoms with Crippen molar-refractivity contribution in [1.82, 2.24) is 15.0 Å². The Bertz CT molecular complexity index is 1350. The minimum Gasteiger partial charge on any atom is -0.498 e. The lowest BCUT2D eigenvalue weighted by molar-refractivity contribution is 0.207. The molecule has 41 heavy (non-hydrogen) atoms. The lowest BCUT2D eigenvalue weighted by Crippen LogP contribution is -2.04. The first kappa shape index (κ1) is 33.0. The molecule has 1 heterocycles. The molecule has 0 aliphatic heterocycles. The number of hydrogen-bond donors (Lipinski definition) is 0. The van der Waals surface area contributed by atoms with Crippen molar-refractivity contribution in [3.8, 4) is 17.8 Å². The first-order chi connectivity index (χ1) is 19.6. The number of rotatable bonds is 15. The van der Waals surface area contributed by atoms with E-state index in [0.29, 0.717) is 17.3 Å². The summed E-state index contributed by atoms with van der Waals surface area (Å²) < 4.78 is 17.3. The fourth-order valence-corrected chi connectivity index (χ4v) is 3.30. The van der Waals surface area contributed by atoms with Crippen LogP contribution in [0.15, 0.2) is 113 Å². The van der Waals surface area contributed by atoms with Crippen LogP contribution in [-0.4, -0.2) is 21.6 Å². The van der Waals surface area contributed by atoms with Crippen LogP contribution in [0.5, 0.6) is 17.8 Å². The Labute approximate surface area is 246 Å². The number of unbranched alkanes of at least 4 members (excludes halogenated alkanes) is 2. The highest BCUT2D eigenvalue weighted by atomic mass is 16.5. The van der Waals surface area contributed by atoms with Gasteiger partial charge in [0.05, 0.1) is 12.4 Å². The molecule has 6 heteroatoms. The van der Waals surface area contributed by atoms with E-state index < -0.39 is 0 Å². The standard InChI is InChI=1S/C35H45N3O3/c1-10-11-15-24-39-30(7)23-22-28(5)26(3)19-18-25(2)27(4)20-21-29(6)31(8)40-34-36-32(9)37-35(38-34)41-33-16-13-12-14-17-33/h12-14,16-23H,8,10-11,15,24H2,1-7,9H3/b25-18+,26-19+,27-20+,28-22+,29-21+,30-23+. The third-order valence-electron chi connectivity index (χ3n) is 6.37. The predicted molar refractivity (Wildman–Crippen MR) is 169 cm³/mol. The lowest BCUT2D eigenvalue weighted by Gasteiger charge is -2.09. The minimum atomic E-state index is 0.134. The summed E-state index contributed by atoms with van der Waals surface area (Å²) in [5.41, 5.74) is 5.54. The van der Waals surface area contributed by atoms with Crippen LogP contribution < -0.4 is 9.47 Å². The van der Waals surface area contributed by atoms with E-state index >= 15 is 0 Å². The van der Waals surface area contributed by atoms with Gasteiger partial charge in [-0.25, -0.2) is 0 Å². The summed E-state index contributed by atoms with van der Waals surface area (Å²) in [7, 11) is 0. The van der Waals surface area contributed by atoms with Crippen molar-refractivity contribution in [3.05, 3.63) is 119 Å². The summed E-state index contributed by atoms with van der Waals surface area (Å²) in [6.07, 6.45) is 15.9. The molecular formula is C35H45N3O3. The highest BCUT2D eigenvalue weighted by Gasteiger charge is 2.10. The molecule has 2 aromatic rings. The molecule has 0 atom stereocenters. The van der Waals surface area contributed by atoms with Gasteiger partial charge in [-0.1, -0.05) is 74.9 Å². The summed E-state index contributed by atoms with van der Waals surface area (Å²) in [6.45, 7) is 21.1. The lowest BCUT2D eigenvalue weighted by atomic mass is 10.0. The van der Waals surface area contributed by atoms with E-state index in [0.717, 1.165) is 35.5 Å². The van der Waals surface area contributed by atoms with Gasteiger partial charge in [0.25, 0.3) is 0 Å². The van der Waals surface area contributed by atoms with E-state index in [1.807, 2.05) is 62.4 Å². The van der Waals surface area contributed by atoms with Crippen LogP contribution in [0.2, 0.25) is 0 Å². The van der Waals surface area contributed by atoms with Gasteiger partial charge >= 0.3 is 12.0 Å². The van der Waals surface area contributed by atoms with E-state index in [1.54, 1.807) is 6.92 Å². The Morgan fingerprint density at radius 1 is 0.707 bits per heavy atom. The Hall–Kier alpha value is -4.19. The third-order valence-corrected chi connectivity index (χ3v) is 6.37. The van der Waals surface area contributed by atoms with Crippen molar-refractivity contribution in [1.29, 1.82) is 0 Å². The zero-order valence-corrected chi connectivity index (χ0v) is 26.0. The molecule has 6 nitrogen and oxygen atoms in total. The van der Waals surface area contributed by atoms with Gasteiger partial charge in [-0.3, -0.25) is 0 Å². The predicted octanol–water partition coefficient (Wildman–Crippen LogP) is 9.71. The maximum atomic E-state index is 5.83. The van der Waals surface area contributed by atoms with Crippen molar-refractivity contribution in [2.24, 2.45) is 0 Å². The quantitative estimate of drug-likeness (QED) is 0.124. The van der Waals surface area contributed by atoms with Crippen LogP contribution in [0, 0.1) is 6.92 Å². The number of hydrogen-bond acceptors (Lipinski definition) is 6. The van der Waals surface area contributed by atoms with Crippen LogP contribution in [-0.2, 0) is 4.74 Å². The number of nitrogens with zero attached hydrogens (tertiary/aromatic N) is 3. The second-order valence-corrected chi connectivity index (χ2v) is 9.97. The molecule has 0 saturated heterocycles. The molecule has 1 aromatic heterocycles. The van der Waals surface area contributed by atoms with E-state index in [4.69, 9.17) is 14.2 Å². The maximum Gasteiger partial charge on any atom is 0.328 e. The second kappa shape index (κ2) is 17.5. The van der Waals surface area contributed by atoms with Gasteiger partial charge < -0.3 is 14.2 Å². The molecule has 0 fully saturated rings. The molecule has 2 rings (SSSR count). The van der Waals surface area contributed by atoms with Crippen molar-refractivity contribution in [2.75, 3.05) is 6.61 Å². The maximum absolute atomic E-state index is 5.83. The molecule has 0 aliphatic carbocycles. The summed E-state index contributed by atoms with van der Waals surface area (Å²) in [4.78, 5) is 12.8. The number of benzene rings is 1. The van der Waals surface area contributed by atoms with E-state index in [1.165, 1.54) is 24.0 Å². The van der Waals surface area contributed by atoms with Crippen LogP contribution in [0.4, 0.5) is 0 Å². The van der Waals surface area contributed by atoms with Gasteiger partial charge in [0.1, 0.15) is 17.3 Å². The second-order valence-electron chi connectivity index (χ2n) is 9.97. The monoisotopic (exact) mass is 555 g/mol. The normalized spacial score (nSPS) is 13.8.